The molecule has 2 amide bonds. The SMILES string of the molecule is COC(=O)Cc1ccc2c(c1)N[C@@H](C(=O)N1CCSCC1)CCCC[C@H](NC(=O)/C=C/c1cc(Cl)ccc1-n1cnnn1)c1nc(C#N)c-2[nH]1. The van der Waals surface area contributed by atoms with E-state index >= 15 is 0 Å². The Balaban J connectivity index is 1.32. The molecule has 2 aromatic heterocycles. The van der Waals surface area contributed by atoms with Crippen LogP contribution in [0, 0.1) is 11.3 Å². The average molecular weight is 715 g/mol. The molecule has 2 aliphatic heterocycles. The van der Waals surface area contributed by atoms with Crippen molar-refractivity contribution in [3.63, 3.8) is 0 Å². The lowest BCUT2D eigenvalue weighted by atomic mass is 9.99. The molecule has 0 aliphatic carbocycles. The van der Waals surface area contributed by atoms with Gasteiger partial charge in [-0.25, -0.2) is 4.98 Å². The number of tetrazole rings is 1. The zero-order valence-corrected chi connectivity index (χ0v) is 28.8. The number of amides is 2. The Hall–Kier alpha value is -5.20. The molecule has 2 aromatic carbocycles. The molecule has 1 saturated heterocycles. The number of methoxy groups -OCH3 is 1. The van der Waals surface area contributed by atoms with Crippen LogP contribution in [0.5, 0.6) is 0 Å². The molecule has 50 heavy (non-hydrogen) atoms. The molecule has 6 rings (SSSR count). The van der Waals surface area contributed by atoms with Gasteiger partial charge in [-0.1, -0.05) is 36.6 Å². The second kappa shape index (κ2) is 16.0. The van der Waals surface area contributed by atoms with E-state index in [2.05, 4.69) is 42.2 Å². The number of esters is 1. The van der Waals surface area contributed by atoms with Crippen LogP contribution in [0.3, 0.4) is 0 Å². The van der Waals surface area contributed by atoms with Crippen molar-refractivity contribution in [3.05, 3.63) is 76.5 Å². The molecule has 258 valence electrons. The molecule has 2 atom stereocenters. The second-order valence-electron chi connectivity index (χ2n) is 11.9. The van der Waals surface area contributed by atoms with Crippen LogP contribution in [0.25, 0.3) is 23.0 Å². The van der Waals surface area contributed by atoms with Crippen LogP contribution in [0.2, 0.25) is 5.02 Å². The lowest BCUT2D eigenvalue weighted by molar-refractivity contribution is -0.139. The van der Waals surface area contributed by atoms with E-state index in [0.717, 1.165) is 11.5 Å². The quantitative estimate of drug-likeness (QED) is 0.185. The fraction of sp³-hybridized carbons (Fsp3) is 0.353. The number of benzene rings is 2. The third kappa shape index (κ3) is 8.15. The molecular formula is C34H35ClN10O4S. The summed E-state index contributed by atoms with van der Waals surface area (Å²) in [6.45, 7) is 1.35. The number of hydrogen-bond donors (Lipinski definition) is 3. The van der Waals surface area contributed by atoms with Gasteiger partial charge < -0.3 is 25.3 Å². The smallest absolute Gasteiger partial charge is 0.309 e. The Morgan fingerprint density at radius 3 is 2.74 bits per heavy atom. The molecular weight excluding hydrogens is 680 g/mol. The van der Waals surface area contributed by atoms with Crippen LogP contribution in [-0.2, 0) is 25.5 Å². The number of nitrogens with one attached hydrogen (secondary N) is 3. The number of carbonyl (C=O) groups is 3. The molecule has 3 N–H and O–H groups in total. The molecule has 1 fully saturated rings. The maximum absolute atomic E-state index is 13.9. The summed E-state index contributed by atoms with van der Waals surface area (Å²) in [4.78, 5) is 49.2. The predicted molar refractivity (Wildman–Crippen MR) is 188 cm³/mol. The highest BCUT2D eigenvalue weighted by molar-refractivity contribution is 7.99. The van der Waals surface area contributed by atoms with Gasteiger partial charge in [-0.15, -0.1) is 5.10 Å². The minimum absolute atomic E-state index is 0.00883. The summed E-state index contributed by atoms with van der Waals surface area (Å²) >= 11 is 8.08. The lowest BCUT2D eigenvalue weighted by Gasteiger charge is -2.31. The zero-order chi connectivity index (χ0) is 35.0. The molecule has 0 radical (unpaired) electrons. The van der Waals surface area contributed by atoms with E-state index in [0.29, 0.717) is 83.4 Å². The van der Waals surface area contributed by atoms with Gasteiger partial charge in [0, 0.05) is 52.5 Å². The maximum Gasteiger partial charge on any atom is 0.309 e. The van der Waals surface area contributed by atoms with Crippen LogP contribution in [-0.4, -0.2) is 90.6 Å². The summed E-state index contributed by atoms with van der Waals surface area (Å²) < 4.78 is 6.36. The number of nitriles is 1. The van der Waals surface area contributed by atoms with Gasteiger partial charge in [-0.2, -0.15) is 21.7 Å². The van der Waals surface area contributed by atoms with Crippen molar-refractivity contribution >= 4 is 52.9 Å². The Morgan fingerprint density at radius 2 is 1.98 bits per heavy atom. The van der Waals surface area contributed by atoms with Gasteiger partial charge in [0.25, 0.3) is 0 Å². The number of H-pyrrole nitrogens is 1. The highest BCUT2D eigenvalue weighted by Gasteiger charge is 2.29. The van der Waals surface area contributed by atoms with Gasteiger partial charge in [0.15, 0.2) is 5.69 Å². The molecule has 0 spiro atoms. The predicted octanol–water partition coefficient (Wildman–Crippen LogP) is 4.09. The minimum Gasteiger partial charge on any atom is -0.469 e. The van der Waals surface area contributed by atoms with Crippen LogP contribution < -0.4 is 10.6 Å². The monoisotopic (exact) mass is 714 g/mol. The number of aromatic nitrogens is 6. The van der Waals surface area contributed by atoms with Crippen molar-refractivity contribution in [2.45, 2.75) is 44.2 Å². The number of ether oxygens (including phenoxy) is 1. The van der Waals surface area contributed by atoms with Gasteiger partial charge in [0.05, 0.1) is 31.0 Å². The van der Waals surface area contributed by atoms with Crippen LogP contribution in [0.15, 0.2) is 48.8 Å². The summed E-state index contributed by atoms with van der Waals surface area (Å²) in [5.41, 5.74) is 3.74. The standard InChI is InChI=1S/C34H35ClN10O4S/c1-49-31(47)17-21-6-9-24-27(16-21)38-26(34(48)44-12-14-50-15-13-44)5-3-2-4-25(33-40-28(19-36)32(24)41-33)39-30(46)11-7-22-18-23(35)8-10-29(22)45-20-37-42-43-45/h6-11,16,18,20,25-26,38H,2-5,12-15,17H2,1H3,(H,39,46)(H,40,41)/b11-7+/t25-,26+/m0/s1. The largest absolute Gasteiger partial charge is 0.469 e. The van der Waals surface area contributed by atoms with E-state index in [4.69, 9.17) is 16.3 Å². The highest BCUT2D eigenvalue weighted by Crippen LogP contribution is 2.34. The number of carbonyl (C=O) groups excluding carboxylic acids is 3. The fourth-order valence-corrected chi connectivity index (χ4v) is 7.14. The fourth-order valence-electron chi connectivity index (χ4n) is 6.06. The Morgan fingerprint density at radius 1 is 1.16 bits per heavy atom. The number of imidazole rings is 1. The van der Waals surface area contributed by atoms with E-state index in [1.165, 1.54) is 24.2 Å². The topological polar surface area (TPSA) is 184 Å². The summed E-state index contributed by atoms with van der Waals surface area (Å²) in [5, 5.41) is 28.5. The Bertz CT molecular complexity index is 1930. The number of nitrogens with zero attached hydrogens (tertiary/aromatic N) is 7. The first-order valence-electron chi connectivity index (χ1n) is 16.2. The molecule has 4 aromatic rings. The molecule has 4 heterocycles. The second-order valence-corrected chi connectivity index (χ2v) is 13.5. The van der Waals surface area contributed by atoms with E-state index in [1.807, 2.05) is 22.7 Å². The zero-order valence-electron chi connectivity index (χ0n) is 27.3. The van der Waals surface area contributed by atoms with Gasteiger partial charge in [0.2, 0.25) is 11.8 Å². The first-order valence-corrected chi connectivity index (χ1v) is 17.7. The van der Waals surface area contributed by atoms with Gasteiger partial charge in [-0.3, -0.25) is 14.4 Å². The first kappa shape index (κ1) is 34.7. The van der Waals surface area contributed by atoms with Gasteiger partial charge >= 0.3 is 5.97 Å². The van der Waals surface area contributed by atoms with E-state index < -0.39 is 18.1 Å². The number of hydrogen-bond acceptors (Lipinski definition) is 11. The maximum atomic E-state index is 13.9. The van der Waals surface area contributed by atoms with Crippen LogP contribution in [0.4, 0.5) is 5.69 Å². The Labute approximate surface area is 297 Å². The first-order chi connectivity index (χ1) is 24.3. The third-order valence-corrected chi connectivity index (χ3v) is 9.77. The molecule has 16 heteroatoms. The number of fused-ring (bicyclic) bond motifs is 4. The number of aromatic amines is 1. The van der Waals surface area contributed by atoms with Crippen molar-refractivity contribution in [1.29, 1.82) is 5.26 Å². The van der Waals surface area contributed by atoms with Crippen molar-refractivity contribution in [2.75, 3.05) is 37.0 Å². The minimum atomic E-state index is -0.561. The normalized spacial score (nSPS) is 17.8. The van der Waals surface area contributed by atoms with Gasteiger partial charge in [-0.05, 0) is 59.2 Å². The van der Waals surface area contributed by atoms with Crippen molar-refractivity contribution in [2.24, 2.45) is 0 Å². The lowest BCUT2D eigenvalue weighted by Crippen LogP contribution is -2.46. The molecule has 2 bridgehead atoms. The van der Waals surface area contributed by atoms with E-state index in [9.17, 15) is 19.6 Å². The third-order valence-electron chi connectivity index (χ3n) is 8.59. The molecule has 0 unspecified atom stereocenters. The van der Waals surface area contributed by atoms with E-state index in [1.54, 1.807) is 36.4 Å². The number of anilines is 1. The van der Waals surface area contributed by atoms with Crippen molar-refractivity contribution < 1.29 is 19.1 Å². The summed E-state index contributed by atoms with van der Waals surface area (Å²) in [6.07, 6.45) is 6.93. The summed E-state index contributed by atoms with van der Waals surface area (Å²) in [6, 6.07) is 11.6. The Kier molecular flexibility index (Phi) is 11.1. The van der Waals surface area contributed by atoms with Crippen LogP contribution >= 0.6 is 23.4 Å². The number of thioether (sulfide) groups is 1. The van der Waals surface area contributed by atoms with Crippen LogP contribution in [0.1, 0.15) is 54.4 Å². The highest BCUT2D eigenvalue weighted by atomic mass is 35.5. The van der Waals surface area contributed by atoms with Crippen molar-refractivity contribution in [1.82, 2.24) is 40.4 Å². The van der Waals surface area contributed by atoms with E-state index in [-0.39, 0.29) is 23.9 Å². The molecule has 2 aliphatic rings. The average Bonchev–Trinajstić information content (AvgIpc) is 3.82. The molecule has 0 saturated carbocycles. The number of halogens is 1. The van der Waals surface area contributed by atoms with Gasteiger partial charge in [0.1, 0.15) is 24.3 Å². The van der Waals surface area contributed by atoms with Crippen molar-refractivity contribution in [3.8, 4) is 23.0 Å². The molecule has 14 nitrogen and oxygen atoms in total. The summed E-state index contributed by atoms with van der Waals surface area (Å²) in [7, 11) is 1.33. The number of rotatable bonds is 7. The summed E-state index contributed by atoms with van der Waals surface area (Å²) in [5.74, 6) is 1.42.